The number of nitrogens with one attached hydrogen (secondary N) is 2. The smallest absolute Gasteiger partial charge is 0.414 e. The van der Waals surface area contributed by atoms with E-state index in [-0.39, 0.29) is 18.6 Å². The molecule has 1 atom stereocenters. The van der Waals surface area contributed by atoms with Crippen LogP contribution in [-0.2, 0) is 9.53 Å². The maximum atomic E-state index is 15.0. The van der Waals surface area contributed by atoms with Crippen LogP contribution in [-0.4, -0.2) is 78.8 Å². The van der Waals surface area contributed by atoms with Gasteiger partial charge in [0.15, 0.2) is 5.13 Å². The minimum absolute atomic E-state index is 0.106. The number of amides is 2. The number of piperazine rings is 1. The van der Waals surface area contributed by atoms with Crippen molar-refractivity contribution in [1.82, 2.24) is 15.2 Å². The molecule has 0 aliphatic carbocycles. The van der Waals surface area contributed by atoms with Gasteiger partial charge in [-0.2, -0.15) is 0 Å². The van der Waals surface area contributed by atoms with Crippen LogP contribution in [0.5, 0.6) is 0 Å². The molecule has 182 valence electrons. The van der Waals surface area contributed by atoms with Gasteiger partial charge in [-0.1, -0.05) is 12.2 Å². The lowest BCUT2D eigenvalue weighted by molar-refractivity contribution is -0.117. The standard InChI is InChI=1S/C22H27FN6O3S2/c1-14-10-25-21(34-14)26-20(30)13-27-5-7-28(8-6-27)19-4-3-16(9-18(19)23)29-12-17(32-22(29)31)11-24-15(2)33/h3-4,9-10,17H,5-8,11-13H2,1-2H3,(H,24,33)(H,25,26,30)/t17-/m0/s1. The second kappa shape index (κ2) is 10.6. The summed E-state index contributed by atoms with van der Waals surface area (Å²) in [7, 11) is 0. The Hall–Kier alpha value is -2.83. The lowest BCUT2D eigenvalue weighted by Crippen LogP contribution is -2.49. The Labute approximate surface area is 206 Å². The minimum Gasteiger partial charge on any atom is -0.442 e. The van der Waals surface area contributed by atoms with E-state index in [2.05, 4.69) is 15.6 Å². The molecule has 0 saturated carbocycles. The number of rotatable bonds is 7. The predicted octanol–water partition coefficient (Wildman–Crippen LogP) is 2.61. The number of ether oxygens (including phenoxy) is 1. The lowest BCUT2D eigenvalue weighted by atomic mass is 10.2. The van der Waals surface area contributed by atoms with Crippen molar-refractivity contribution in [2.45, 2.75) is 20.0 Å². The minimum atomic E-state index is -0.499. The Morgan fingerprint density at radius 1 is 1.32 bits per heavy atom. The molecule has 2 aromatic rings. The third kappa shape index (κ3) is 5.99. The number of benzene rings is 1. The summed E-state index contributed by atoms with van der Waals surface area (Å²) in [6.07, 6.45) is 0.877. The molecule has 2 saturated heterocycles. The molecule has 2 amide bonds. The van der Waals surface area contributed by atoms with Crippen molar-refractivity contribution < 1.29 is 18.7 Å². The van der Waals surface area contributed by atoms with Gasteiger partial charge in [-0.15, -0.1) is 11.3 Å². The highest BCUT2D eigenvalue weighted by Gasteiger charge is 2.33. The maximum absolute atomic E-state index is 15.0. The van der Waals surface area contributed by atoms with Crippen LogP contribution in [0.25, 0.3) is 0 Å². The number of thiocarbonyl (C=S) groups is 1. The average Bonchev–Trinajstić information content (AvgIpc) is 3.37. The molecule has 34 heavy (non-hydrogen) atoms. The monoisotopic (exact) mass is 506 g/mol. The number of hydrogen-bond acceptors (Lipinski definition) is 8. The Morgan fingerprint density at radius 2 is 2.09 bits per heavy atom. The van der Waals surface area contributed by atoms with Crippen molar-refractivity contribution >= 4 is 57.0 Å². The molecule has 2 N–H and O–H groups in total. The van der Waals surface area contributed by atoms with Crippen molar-refractivity contribution in [2.75, 3.05) is 60.9 Å². The molecule has 3 heterocycles. The van der Waals surface area contributed by atoms with Crippen molar-refractivity contribution in [3.05, 3.63) is 35.1 Å². The van der Waals surface area contributed by atoms with Gasteiger partial charge >= 0.3 is 6.09 Å². The number of anilines is 3. The van der Waals surface area contributed by atoms with Gasteiger partial charge in [-0.05, 0) is 32.0 Å². The van der Waals surface area contributed by atoms with Gasteiger partial charge in [0.1, 0.15) is 11.9 Å². The maximum Gasteiger partial charge on any atom is 0.414 e. The van der Waals surface area contributed by atoms with Crippen molar-refractivity contribution in [3.8, 4) is 0 Å². The zero-order valence-corrected chi connectivity index (χ0v) is 20.7. The second-order valence-electron chi connectivity index (χ2n) is 8.28. The summed E-state index contributed by atoms with van der Waals surface area (Å²) in [5.41, 5.74) is 0.939. The molecule has 0 radical (unpaired) electrons. The van der Waals surface area contributed by atoms with Gasteiger partial charge in [-0.25, -0.2) is 14.2 Å². The Balaban J connectivity index is 1.29. The summed E-state index contributed by atoms with van der Waals surface area (Å²) < 4.78 is 20.3. The van der Waals surface area contributed by atoms with E-state index in [1.807, 2.05) is 16.7 Å². The highest BCUT2D eigenvalue weighted by Crippen LogP contribution is 2.28. The van der Waals surface area contributed by atoms with Crippen molar-refractivity contribution in [1.29, 1.82) is 0 Å². The summed E-state index contributed by atoms with van der Waals surface area (Å²) in [5, 5.41) is 6.40. The van der Waals surface area contributed by atoms with Gasteiger partial charge in [0.25, 0.3) is 0 Å². The van der Waals surface area contributed by atoms with E-state index in [1.165, 1.54) is 22.3 Å². The van der Waals surface area contributed by atoms with Crippen LogP contribution in [0.15, 0.2) is 24.4 Å². The van der Waals surface area contributed by atoms with Crippen molar-refractivity contribution in [3.63, 3.8) is 0 Å². The zero-order valence-electron chi connectivity index (χ0n) is 19.0. The SMILES string of the molecule is CC(=S)NC[C@H]1CN(c2ccc(N3CCN(CC(=O)Nc4ncc(C)s4)CC3)c(F)c2)C(=O)O1. The summed E-state index contributed by atoms with van der Waals surface area (Å²) in [6.45, 7) is 7.17. The fraction of sp³-hybridized carbons (Fsp3) is 0.455. The third-order valence-electron chi connectivity index (χ3n) is 5.64. The predicted molar refractivity (Wildman–Crippen MR) is 134 cm³/mol. The van der Waals surface area contributed by atoms with Crippen LogP contribution < -0.4 is 20.4 Å². The summed E-state index contributed by atoms with van der Waals surface area (Å²) in [6, 6.07) is 4.79. The van der Waals surface area contributed by atoms with E-state index in [0.717, 1.165) is 4.88 Å². The van der Waals surface area contributed by atoms with E-state index in [0.29, 0.717) is 60.8 Å². The zero-order chi connectivity index (χ0) is 24.2. The highest BCUT2D eigenvalue weighted by molar-refractivity contribution is 7.80. The summed E-state index contributed by atoms with van der Waals surface area (Å²) >= 11 is 6.43. The third-order valence-corrected chi connectivity index (χ3v) is 6.62. The number of thiazole rings is 1. The molecule has 1 aromatic heterocycles. The molecule has 2 aliphatic rings. The quantitative estimate of drug-likeness (QED) is 0.554. The van der Waals surface area contributed by atoms with Crippen LogP contribution in [0, 0.1) is 12.7 Å². The molecule has 0 unspecified atom stereocenters. The molecular formula is C22H27FN6O3S2. The van der Waals surface area contributed by atoms with Crippen LogP contribution >= 0.6 is 23.6 Å². The fourth-order valence-corrected chi connectivity index (χ4v) is 4.70. The van der Waals surface area contributed by atoms with Crippen LogP contribution in [0.1, 0.15) is 11.8 Å². The Bertz CT molecular complexity index is 1070. The Morgan fingerprint density at radius 3 is 2.74 bits per heavy atom. The van der Waals surface area contributed by atoms with Crippen molar-refractivity contribution in [2.24, 2.45) is 0 Å². The summed E-state index contributed by atoms with van der Waals surface area (Å²) in [4.78, 5) is 35.7. The number of halogens is 1. The molecule has 0 spiro atoms. The van der Waals surface area contributed by atoms with Gasteiger partial charge in [0.05, 0.1) is 36.0 Å². The van der Waals surface area contributed by atoms with Gasteiger partial charge in [0.2, 0.25) is 5.91 Å². The first-order chi connectivity index (χ1) is 16.3. The van der Waals surface area contributed by atoms with Gasteiger partial charge in [-0.3, -0.25) is 14.6 Å². The van der Waals surface area contributed by atoms with Gasteiger partial charge < -0.3 is 20.3 Å². The van der Waals surface area contributed by atoms with Crippen LogP contribution in [0.3, 0.4) is 0 Å². The van der Waals surface area contributed by atoms with Crippen LogP contribution in [0.2, 0.25) is 0 Å². The molecule has 4 rings (SSSR count). The lowest BCUT2D eigenvalue weighted by Gasteiger charge is -2.36. The second-order valence-corrected chi connectivity index (χ2v) is 10.1. The number of carbonyl (C=O) groups excluding carboxylic acids is 2. The fourth-order valence-electron chi connectivity index (χ4n) is 3.94. The van der Waals surface area contributed by atoms with E-state index >= 15 is 0 Å². The normalized spacial score (nSPS) is 18.7. The van der Waals surface area contributed by atoms with Gasteiger partial charge in [0, 0.05) is 37.3 Å². The van der Waals surface area contributed by atoms with E-state index < -0.39 is 11.9 Å². The molecule has 0 bridgehead atoms. The molecule has 1 aromatic carbocycles. The molecule has 2 fully saturated rings. The Kier molecular flexibility index (Phi) is 7.59. The molecule has 9 nitrogen and oxygen atoms in total. The number of carbonyl (C=O) groups is 2. The number of nitrogens with zero attached hydrogens (tertiary/aromatic N) is 4. The largest absolute Gasteiger partial charge is 0.442 e. The molecular weight excluding hydrogens is 479 g/mol. The topological polar surface area (TPSA) is 90.0 Å². The number of aryl methyl sites for hydroxylation is 1. The first-order valence-electron chi connectivity index (χ1n) is 11.0. The number of cyclic esters (lactones) is 1. The average molecular weight is 507 g/mol. The van der Waals surface area contributed by atoms with E-state index in [4.69, 9.17) is 17.0 Å². The first-order valence-corrected chi connectivity index (χ1v) is 12.2. The molecule has 2 aliphatic heterocycles. The summed E-state index contributed by atoms with van der Waals surface area (Å²) in [5.74, 6) is -0.503. The number of aromatic nitrogens is 1. The van der Waals surface area contributed by atoms with E-state index in [1.54, 1.807) is 25.3 Å². The first kappa shape index (κ1) is 24.3. The van der Waals surface area contributed by atoms with E-state index in [9.17, 15) is 14.0 Å². The van der Waals surface area contributed by atoms with Crippen LogP contribution in [0.4, 0.5) is 25.7 Å². The molecule has 12 heteroatoms. The number of hydrogen-bond donors (Lipinski definition) is 2. The highest BCUT2D eigenvalue weighted by atomic mass is 32.1.